The normalized spacial score (nSPS) is 42.2. The average molecular weight is 633 g/mol. The number of allylic oxidation sites excluding steroid dienone is 3. The van der Waals surface area contributed by atoms with Gasteiger partial charge in [-0.15, -0.1) is 0 Å². The predicted molar refractivity (Wildman–Crippen MR) is 175 cm³/mol. The number of Topliss-reactive ketones (excluding diaryl/α,β-unsaturated/α-hetero) is 1. The van der Waals surface area contributed by atoms with Crippen LogP contribution in [0, 0.1) is 76.9 Å². The molecule has 9 atom stereocenters. The van der Waals surface area contributed by atoms with E-state index in [9.17, 15) is 34.9 Å². The van der Waals surface area contributed by atoms with Gasteiger partial charge in [0, 0.05) is 11.5 Å². The summed E-state index contributed by atoms with van der Waals surface area (Å²) in [6, 6.07) is 3.60. The molecule has 9 heteroatoms. The number of nitro benzene ring substituents is 2. The van der Waals surface area contributed by atoms with Crippen LogP contribution in [0.15, 0.2) is 35.4 Å². The van der Waals surface area contributed by atoms with Gasteiger partial charge < -0.3 is 5.11 Å². The summed E-state index contributed by atoms with van der Waals surface area (Å²) in [7, 11) is 0. The minimum Gasteiger partial charge on any atom is -0.481 e. The molecule has 4 fully saturated rings. The van der Waals surface area contributed by atoms with E-state index in [2.05, 4.69) is 40.7 Å². The first-order chi connectivity index (χ1) is 21.3. The van der Waals surface area contributed by atoms with Crippen LogP contribution in [0.2, 0.25) is 0 Å². The van der Waals surface area contributed by atoms with Crippen molar-refractivity contribution in [2.75, 3.05) is 0 Å². The molecule has 248 valence electrons. The Kier molecular flexibility index (Phi) is 7.31. The van der Waals surface area contributed by atoms with Gasteiger partial charge in [-0.25, -0.2) is 0 Å². The van der Waals surface area contributed by atoms with Crippen LogP contribution in [0.25, 0.3) is 6.08 Å². The van der Waals surface area contributed by atoms with Gasteiger partial charge in [-0.3, -0.25) is 29.8 Å². The van der Waals surface area contributed by atoms with E-state index in [4.69, 9.17) is 0 Å². The van der Waals surface area contributed by atoms with Crippen LogP contribution in [0.4, 0.5) is 11.4 Å². The first kappa shape index (κ1) is 32.6. The Morgan fingerprint density at radius 1 is 0.957 bits per heavy atom. The highest BCUT2D eigenvalue weighted by Gasteiger charge is 2.70. The van der Waals surface area contributed by atoms with E-state index in [1.807, 2.05) is 13.8 Å². The Balaban J connectivity index is 1.46. The van der Waals surface area contributed by atoms with Crippen LogP contribution in [0.1, 0.15) is 105 Å². The number of fused-ring (bicyclic) bond motifs is 7. The van der Waals surface area contributed by atoms with Crippen molar-refractivity contribution in [3.8, 4) is 0 Å². The average Bonchev–Trinajstić information content (AvgIpc) is 2.97. The lowest BCUT2D eigenvalue weighted by molar-refractivity contribution is -0.394. The van der Waals surface area contributed by atoms with E-state index in [1.165, 1.54) is 17.7 Å². The summed E-state index contributed by atoms with van der Waals surface area (Å²) in [6.07, 6.45) is 10.3. The number of nitro groups is 2. The Morgan fingerprint density at radius 3 is 2.28 bits per heavy atom. The zero-order chi connectivity index (χ0) is 33.8. The van der Waals surface area contributed by atoms with Gasteiger partial charge in [0.2, 0.25) is 0 Å². The third kappa shape index (κ3) is 4.18. The molecule has 0 unspecified atom stereocenters. The van der Waals surface area contributed by atoms with Crippen molar-refractivity contribution in [1.29, 1.82) is 0 Å². The summed E-state index contributed by atoms with van der Waals surface area (Å²) >= 11 is 0. The molecule has 1 N–H and O–H groups in total. The quantitative estimate of drug-likeness (QED) is 0.151. The largest absolute Gasteiger partial charge is 0.481 e. The van der Waals surface area contributed by atoms with Crippen LogP contribution in [-0.4, -0.2) is 26.7 Å². The third-order valence-electron chi connectivity index (χ3n) is 14.8. The maximum absolute atomic E-state index is 14.1. The summed E-state index contributed by atoms with van der Waals surface area (Å²) < 4.78 is 0. The molecule has 0 amide bonds. The van der Waals surface area contributed by atoms with E-state index in [0.29, 0.717) is 24.3 Å². The number of hydrogen-bond donors (Lipinski definition) is 1. The van der Waals surface area contributed by atoms with Gasteiger partial charge in [-0.1, -0.05) is 60.1 Å². The van der Waals surface area contributed by atoms with Crippen molar-refractivity contribution in [3.63, 3.8) is 0 Å². The van der Waals surface area contributed by atoms with E-state index in [-0.39, 0.29) is 62.6 Å². The minimum atomic E-state index is -0.712. The van der Waals surface area contributed by atoms with Crippen LogP contribution in [0.3, 0.4) is 0 Å². The number of carboxylic acid groups (broad SMARTS) is 1. The lowest BCUT2D eigenvalue weighted by Crippen LogP contribution is -2.65. The monoisotopic (exact) mass is 632 g/mol. The minimum absolute atomic E-state index is 0.0123. The molecule has 0 bridgehead atoms. The fourth-order valence-electron chi connectivity index (χ4n) is 11.9. The third-order valence-corrected chi connectivity index (χ3v) is 14.8. The molecule has 9 nitrogen and oxygen atoms in total. The summed E-state index contributed by atoms with van der Waals surface area (Å²) in [5.41, 5.74) is -0.647. The van der Waals surface area contributed by atoms with Crippen LogP contribution in [-0.2, 0) is 9.59 Å². The Hall–Kier alpha value is -3.36. The molecule has 5 aliphatic carbocycles. The van der Waals surface area contributed by atoms with Gasteiger partial charge in [-0.05, 0) is 115 Å². The molecule has 46 heavy (non-hydrogen) atoms. The topological polar surface area (TPSA) is 141 Å². The number of non-ortho nitro benzene ring substituents is 1. The number of benzene rings is 1. The molecule has 0 aliphatic heterocycles. The highest BCUT2D eigenvalue weighted by atomic mass is 16.6. The van der Waals surface area contributed by atoms with Gasteiger partial charge in [0.15, 0.2) is 5.78 Å². The summed E-state index contributed by atoms with van der Waals surface area (Å²) in [6.45, 7) is 15.7. The Morgan fingerprint density at radius 2 is 1.65 bits per heavy atom. The fraction of sp³-hybridized carbons (Fsp3) is 0.676. The summed E-state index contributed by atoms with van der Waals surface area (Å²) in [4.78, 5) is 49.2. The number of ketones is 1. The number of carbonyl (C=O) groups excluding carboxylic acids is 1. The van der Waals surface area contributed by atoms with Crippen LogP contribution in [0.5, 0.6) is 0 Å². The van der Waals surface area contributed by atoms with Crippen molar-refractivity contribution in [2.45, 2.75) is 99.8 Å². The van der Waals surface area contributed by atoms with E-state index >= 15 is 0 Å². The van der Waals surface area contributed by atoms with Crippen LogP contribution < -0.4 is 0 Å². The smallest absolute Gasteiger partial charge is 0.310 e. The molecule has 1 aromatic carbocycles. The van der Waals surface area contributed by atoms with Gasteiger partial charge >= 0.3 is 5.97 Å². The standard InChI is InChI=1S/C37H48N2O7/c1-21-12-15-37(32(41)42)17-16-35(6)26(30(37)22(21)2)10-11-29-34(5)20-24(31(40)33(3,4)28(34)13-14-36(29,35)7)18-23-8-9-25(38(43)44)19-27(23)39(45)46/h8-10,18-19,21-22,28-30H,11-17,20H2,1-7H3,(H,41,42)/b24-18+/t21-,22+,28+,29-,30+,34+,35-,36-,37+/m1/s1. The molecule has 4 saturated carbocycles. The van der Waals surface area contributed by atoms with E-state index in [1.54, 1.807) is 6.08 Å². The number of hydrogen-bond acceptors (Lipinski definition) is 6. The predicted octanol–water partition coefficient (Wildman–Crippen LogP) is 8.81. The van der Waals surface area contributed by atoms with Gasteiger partial charge in [0.05, 0.1) is 26.9 Å². The Bertz CT molecular complexity index is 1610. The first-order valence-electron chi connectivity index (χ1n) is 17.0. The molecule has 5 aliphatic rings. The zero-order valence-corrected chi connectivity index (χ0v) is 28.2. The molecule has 0 aromatic heterocycles. The Labute approximate surface area is 271 Å². The number of carboxylic acids is 1. The highest BCUT2D eigenvalue weighted by Crippen LogP contribution is 2.75. The maximum atomic E-state index is 14.1. The first-order valence-corrected chi connectivity index (χ1v) is 17.0. The zero-order valence-electron chi connectivity index (χ0n) is 28.2. The van der Waals surface area contributed by atoms with Crippen molar-refractivity contribution >= 4 is 29.2 Å². The lowest BCUT2D eigenvalue weighted by Gasteiger charge is -2.70. The second kappa shape index (κ2) is 10.3. The summed E-state index contributed by atoms with van der Waals surface area (Å²) in [5, 5.41) is 34.0. The van der Waals surface area contributed by atoms with Crippen molar-refractivity contribution < 1.29 is 24.5 Å². The molecule has 1 aromatic rings. The molecular weight excluding hydrogens is 584 g/mol. The van der Waals surface area contributed by atoms with Crippen molar-refractivity contribution in [3.05, 3.63) is 61.2 Å². The molecular formula is C37H48N2O7. The number of nitrogens with zero attached hydrogens (tertiary/aromatic N) is 2. The summed E-state index contributed by atoms with van der Waals surface area (Å²) in [5.74, 6) is 0.427. The molecule has 0 radical (unpaired) electrons. The molecule has 6 rings (SSSR count). The number of rotatable bonds is 4. The molecule has 0 heterocycles. The number of carbonyl (C=O) groups is 2. The fourth-order valence-corrected chi connectivity index (χ4v) is 11.9. The van der Waals surface area contributed by atoms with Crippen LogP contribution >= 0.6 is 0 Å². The highest BCUT2D eigenvalue weighted by molar-refractivity contribution is 6.04. The lowest BCUT2D eigenvalue weighted by atomic mass is 9.33. The molecule has 0 saturated heterocycles. The number of aliphatic carboxylic acids is 1. The van der Waals surface area contributed by atoms with Gasteiger partial charge in [-0.2, -0.15) is 0 Å². The second-order valence-corrected chi connectivity index (χ2v) is 16.8. The second-order valence-electron chi connectivity index (χ2n) is 16.8. The van der Waals surface area contributed by atoms with E-state index < -0.39 is 26.6 Å². The van der Waals surface area contributed by atoms with Crippen molar-refractivity contribution in [1.82, 2.24) is 0 Å². The maximum Gasteiger partial charge on any atom is 0.310 e. The SMILES string of the molecule is C[C@H]1[C@H](C)CC[C@]2(C(=O)O)CC[C@]3(C)C(=CC[C@@H]4[C@@]5(C)C/C(=C\c6ccc([N+](=O)[O-])cc6[N+](=O)[O-])C(=O)C(C)(C)[C@@H]5CC[C@]43C)[C@H]12. The van der Waals surface area contributed by atoms with Gasteiger partial charge in [0.25, 0.3) is 11.4 Å². The van der Waals surface area contributed by atoms with E-state index in [0.717, 1.165) is 44.6 Å². The molecule has 0 spiro atoms. The van der Waals surface area contributed by atoms with Crippen molar-refractivity contribution in [2.24, 2.45) is 56.7 Å². The van der Waals surface area contributed by atoms with Gasteiger partial charge in [0.1, 0.15) is 0 Å².